The lowest BCUT2D eigenvalue weighted by Gasteiger charge is -2.25. The van der Waals surface area contributed by atoms with Crippen LogP contribution in [0.25, 0.3) is 0 Å². The highest BCUT2D eigenvalue weighted by molar-refractivity contribution is 5.78. The SMILES string of the molecule is CC(=O)N[C@@H](C=O)[C@@H](O)[C@H](O)[C@H](O)CO.CC(=O)N[C@@H](C=O)[C@@H](O)[C@H](O)[C@H](O)CO. The van der Waals surface area contributed by atoms with Gasteiger partial charge in [-0.3, -0.25) is 9.59 Å². The molecule has 8 atom stereocenters. The Hall–Kier alpha value is -2.04. The van der Waals surface area contributed by atoms with Gasteiger partial charge < -0.3 is 61.1 Å². The average Bonchev–Trinajstić information content (AvgIpc) is 2.72. The van der Waals surface area contributed by atoms with Crippen LogP contribution in [-0.4, -0.2) is 127 Å². The van der Waals surface area contributed by atoms with E-state index in [0.717, 1.165) is 13.8 Å². The third-order valence-electron chi connectivity index (χ3n) is 3.63. The Morgan fingerprint density at radius 3 is 1.10 bits per heavy atom. The summed E-state index contributed by atoms with van der Waals surface area (Å²) in [6.07, 6.45) is -9.44. The molecule has 0 aromatic heterocycles. The van der Waals surface area contributed by atoms with Crippen LogP contribution in [0.15, 0.2) is 0 Å². The van der Waals surface area contributed by atoms with Gasteiger partial charge in [0, 0.05) is 13.8 Å². The van der Waals surface area contributed by atoms with Gasteiger partial charge in [0.1, 0.15) is 61.3 Å². The molecule has 0 heterocycles. The Morgan fingerprint density at radius 2 is 0.933 bits per heavy atom. The van der Waals surface area contributed by atoms with Crippen molar-refractivity contribution in [3.63, 3.8) is 0 Å². The Labute approximate surface area is 171 Å². The first kappa shape index (κ1) is 30.2. The van der Waals surface area contributed by atoms with Crippen LogP contribution >= 0.6 is 0 Å². The summed E-state index contributed by atoms with van der Waals surface area (Å²) in [5, 5.41) is 76.3. The fraction of sp³-hybridized carbons (Fsp3) is 0.750. The van der Waals surface area contributed by atoms with Crippen LogP contribution in [0.1, 0.15) is 13.8 Å². The summed E-state index contributed by atoms with van der Waals surface area (Å²) >= 11 is 0. The van der Waals surface area contributed by atoms with Gasteiger partial charge in [0.2, 0.25) is 11.8 Å². The third-order valence-corrected chi connectivity index (χ3v) is 3.63. The van der Waals surface area contributed by atoms with Crippen molar-refractivity contribution < 1.29 is 60.0 Å². The Morgan fingerprint density at radius 1 is 0.667 bits per heavy atom. The fourth-order valence-electron chi connectivity index (χ4n) is 1.97. The van der Waals surface area contributed by atoms with Crippen LogP contribution < -0.4 is 10.6 Å². The standard InChI is InChI=1S/2C8H15NO6/c2*1-4(12)9-5(2-10)7(14)8(15)6(13)3-11/h2*2,5-8,11,13-15H,3H2,1H3,(H,9,12)/t2*5-,6+,7+,8+/m00/s1. The fourth-order valence-corrected chi connectivity index (χ4v) is 1.97. The van der Waals surface area contributed by atoms with E-state index in [1.807, 2.05) is 0 Å². The van der Waals surface area contributed by atoms with Crippen LogP contribution in [-0.2, 0) is 19.2 Å². The highest BCUT2D eigenvalue weighted by atomic mass is 16.4. The molecule has 0 aliphatic carbocycles. The molecule has 0 radical (unpaired) electrons. The summed E-state index contributed by atoms with van der Waals surface area (Å²) in [6.45, 7) is 0.754. The van der Waals surface area contributed by atoms with Gasteiger partial charge in [-0.25, -0.2) is 0 Å². The predicted molar refractivity (Wildman–Crippen MR) is 97.5 cm³/mol. The molecule has 0 aliphatic heterocycles. The lowest BCUT2D eigenvalue weighted by Crippen LogP contribution is -2.53. The molecular weight excluding hydrogens is 412 g/mol. The van der Waals surface area contributed by atoms with Gasteiger partial charge in [0.15, 0.2) is 0 Å². The molecule has 0 bridgehead atoms. The second-order valence-electron chi connectivity index (χ2n) is 6.19. The molecule has 0 spiro atoms. The van der Waals surface area contributed by atoms with Gasteiger partial charge in [-0.05, 0) is 0 Å². The lowest BCUT2D eigenvalue weighted by molar-refractivity contribution is -0.129. The van der Waals surface area contributed by atoms with Crippen molar-refractivity contribution >= 4 is 24.4 Å². The number of hydrogen-bond donors (Lipinski definition) is 10. The van der Waals surface area contributed by atoms with Crippen molar-refractivity contribution in [3.8, 4) is 0 Å². The smallest absolute Gasteiger partial charge is 0.217 e. The number of carbonyl (C=O) groups is 4. The van der Waals surface area contributed by atoms with Gasteiger partial charge in [-0.2, -0.15) is 0 Å². The van der Waals surface area contributed by atoms with E-state index in [2.05, 4.69) is 10.6 Å². The largest absolute Gasteiger partial charge is 0.394 e. The highest BCUT2D eigenvalue weighted by Crippen LogP contribution is 2.04. The Kier molecular flexibility index (Phi) is 15.8. The minimum absolute atomic E-state index is 0.235. The van der Waals surface area contributed by atoms with E-state index < -0.39 is 73.7 Å². The lowest BCUT2D eigenvalue weighted by atomic mass is 10.0. The van der Waals surface area contributed by atoms with E-state index in [0.29, 0.717) is 0 Å². The van der Waals surface area contributed by atoms with Crippen LogP contribution in [0.4, 0.5) is 0 Å². The molecule has 176 valence electrons. The maximum atomic E-state index is 10.6. The number of aldehydes is 2. The molecule has 14 nitrogen and oxygen atoms in total. The molecule has 2 amide bonds. The zero-order chi connectivity index (χ0) is 24.0. The minimum Gasteiger partial charge on any atom is -0.394 e. The molecule has 0 saturated carbocycles. The number of rotatable bonds is 12. The topological polar surface area (TPSA) is 254 Å². The van der Waals surface area contributed by atoms with Crippen LogP contribution in [0.2, 0.25) is 0 Å². The molecule has 0 rings (SSSR count). The molecule has 0 aromatic carbocycles. The molecule has 0 unspecified atom stereocenters. The van der Waals surface area contributed by atoms with Crippen molar-refractivity contribution in [1.82, 2.24) is 10.6 Å². The monoisotopic (exact) mass is 442 g/mol. The number of carbonyl (C=O) groups excluding carboxylic acids is 4. The van der Waals surface area contributed by atoms with Gasteiger partial charge in [0.25, 0.3) is 0 Å². The number of aliphatic hydroxyl groups excluding tert-OH is 8. The zero-order valence-corrected chi connectivity index (χ0v) is 16.4. The highest BCUT2D eigenvalue weighted by Gasteiger charge is 2.32. The molecule has 0 fully saturated rings. The quantitative estimate of drug-likeness (QED) is 0.127. The van der Waals surface area contributed by atoms with E-state index in [9.17, 15) is 39.6 Å². The van der Waals surface area contributed by atoms with E-state index in [1.165, 1.54) is 0 Å². The first-order chi connectivity index (χ1) is 13.9. The average molecular weight is 442 g/mol. The molecule has 0 aliphatic rings. The van der Waals surface area contributed by atoms with Gasteiger partial charge in [-0.15, -0.1) is 0 Å². The second-order valence-corrected chi connectivity index (χ2v) is 6.19. The number of amides is 2. The van der Waals surface area contributed by atoms with E-state index in [4.69, 9.17) is 20.4 Å². The summed E-state index contributed by atoms with van der Waals surface area (Å²) in [5.41, 5.74) is 0. The first-order valence-electron chi connectivity index (χ1n) is 8.62. The van der Waals surface area contributed by atoms with E-state index >= 15 is 0 Å². The Bertz CT molecular complexity index is 488. The molecular formula is C16H30N2O12. The maximum Gasteiger partial charge on any atom is 0.217 e. The minimum atomic E-state index is -1.71. The van der Waals surface area contributed by atoms with Gasteiger partial charge in [0.05, 0.1) is 13.2 Å². The summed E-state index contributed by atoms with van der Waals surface area (Å²) in [5.74, 6) is -1.12. The second kappa shape index (κ2) is 15.8. The summed E-state index contributed by atoms with van der Waals surface area (Å²) in [4.78, 5) is 42.1. The molecule has 14 heteroatoms. The Balaban J connectivity index is 0. The summed E-state index contributed by atoms with van der Waals surface area (Å²) < 4.78 is 0. The van der Waals surface area contributed by atoms with Gasteiger partial charge >= 0.3 is 0 Å². The number of nitrogens with one attached hydrogen (secondary N) is 2. The maximum absolute atomic E-state index is 10.6. The van der Waals surface area contributed by atoms with Crippen molar-refractivity contribution in [2.24, 2.45) is 0 Å². The number of hydrogen-bond acceptors (Lipinski definition) is 12. The van der Waals surface area contributed by atoms with Crippen molar-refractivity contribution in [2.75, 3.05) is 13.2 Å². The van der Waals surface area contributed by atoms with Crippen molar-refractivity contribution in [1.29, 1.82) is 0 Å². The van der Waals surface area contributed by atoms with Crippen molar-refractivity contribution in [3.05, 3.63) is 0 Å². The van der Waals surface area contributed by atoms with Crippen molar-refractivity contribution in [2.45, 2.75) is 62.6 Å². The number of aliphatic hydroxyl groups is 8. The van der Waals surface area contributed by atoms with Crippen LogP contribution in [0.3, 0.4) is 0 Å². The molecule has 0 saturated heterocycles. The predicted octanol–water partition coefficient (Wildman–Crippen LogP) is -6.47. The van der Waals surface area contributed by atoms with E-state index in [-0.39, 0.29) is 12.6 Å². The van der Waals surface area contributed by atoms with Crippen LogP contribution in [0, 0.1) is 0 Å². The third kappa shape index (κ3) is 11.2. The van der Waals surface area contributed by atoms with E-state index in [1.54, 1.807) is 0 Å². The van der Waals surface area contributed by atoms with Crippen LogP contribution in [0.5, 0.6) is 0 Å². The first-order valence-corrected chi connectivity index (χ1v) is 8.62. The normalized spacial score (nSPS) is 18.7. The molecule has 10 N–H and O–H groups in total. The summed E-state index contributed by atoms with van der Waals surface area (Å²) in [6, 6.07) is -2.64. The molecule has 0 aromatic rings. The van der Waals surface area contributed by atoms with Gasteiger partial charge in [-0.1, -0.05) is 0 Å². The summed E-state index contributed by atoms with van der Waals surface area (Å²) in [7, 11) is 0. The zero-order valence-electron chi connectivity index (χ0n) is 16.4. The molecule has 30 heavy (non-hydrogen) atoms.